The van der Waals surface area contributed by atoms with Crippen LogP contribution >= 0.6 is 31.9 Å². The molecule has 0 aliphatic carbocycles. The Balaban J connectivity index is 2.33. The van der Waals surface area contributed by atoms with Gasteiger partial charge in [0.05, 0.1) is 21.3 Å². The van der Waals surface area contributed by atoms with E-state index < -0.39 is 0 Å². The second-order valence-electron chi connectivity index (χ2n) is 4.50. The van der Waals surface area contributed by atoms with E-state index in [-0.39, 0.29) is 5.91 Å². The highest BCUT2D eigenvalue weighted by atomic mass is 79.9. The van der Waals surface area contributed by atoms with Crippen molar-refractivity contribution in [2.45, 2.75) is 0 Å². The zero-order chi connectivity index (χ0) is 17.0. The summed E-state index contributed by atoms with van der Waals surface area (Å²) in [5, 5.41) is 2.82. The number of rotatable bonds is 5. The van der Waals surface area contributed by atoms with Crippen LogP contribution in [0.2, 0.25) is 0 Å². The molecule has 0 aliphatic heterocycles. The van der Waals surface area contributed by atoms with Crippen molar-refractivity contribution in [3.05, 3.63) is 44.8 Å². The average molecular weight is 445 g/mol. The maximum absolute atomic E-state index is 12.5. The van der Waals surface area contributed by atoms with Crippen LogP contribution in [0, 0.1) is 0 Å². The maximum atomic E-state index is 12.5. The number of ether oxygens (including phenoxy) is 3. The minimum absolute atomic E-state index is 0.279. The van der Waals surface area contributed by atoms with E-state index in [1.165, 1.54) is 21.3 Å². The van der Waals surface area contributed by atoms with Gasteiger partial charge in [-0.05, 0) is 62.2 Å². The highest BCUT2D eigenvalue weighted by Gasteiger charge is 2.17. The lowest BCUT2D eigenvalue weighted by atomic mass is 10.1. The molecule has 7 heteroatoms. The summed E-state index contributed by atoms with van der Waals surface area (Å²) < 4.78 is 17.5. The lowest BCUT2D eigenvalue weighted by Gasteiger charge is -2.14. The van der Waals surface area contributed by atoms with E-state index in [2.05, 4.69) is 37.2 Å². The topological polar surface area (TPSA) is 56.8 Å². The fourth-order valence-corrected chi connectivity index (χ4v) is 2.61. The molecule has 0 radical (unpaired) electrons. The maximum Gasteiger partial charge on any atom is 0.255 e. The van der Waals surface area contributed by atoms with Gasteiger partial charge in [0.1, 0.15) is 0 Å². The van der Waals surface area contributed by atoms with Gasteiger partial charge in [0.2, 0.25) is 5.75 Å². The quantitative estimate of drug-likeness (QED) is 0.738. The van der Waals surface area contributed by atoms with Gasteiger partial charge in [0.15, 0.2) is 11.5 Å². The molecule has 0 saturated heterocycles. The molecule has 1 N–H and O–H groups in total. The summed E-state index contributed by atoms with van der Waals surface area (Å²) >= 11 is 6.79. The molecule has 5 nitrogen and oxygen atoms in total. The summed E-state index contributed by atoms with van der Waals surface area (Å²) in [6.07, 6.45) is 0. The second kappa shape index (κ2) is 7.70. The molecule has 0 bridgehead atoms. The van der Waals surface area contributed by atoms with Gasteiger partial charge in [-0.1, -0.05) is 0 Å². The van der Waals surface area contributed by atoms with Gasteiger partial charge in [-0.15, -0.1) is 0 Å². The molecule has 0 unspecified atom stereocenters. The van der Waals surface area contributed by atoms with Crippen molar-refractivity contribution in [3.8, 4) is 17.2 Å². The van der Waals surface area contributed by atoms with E-state index in [0.29, 0.717) is 28.5 Å². The van der Waals surface area contributed by atoms with Crippen LogP contribution in [-0.4, -0.2) is 27.2 Å². The number of carbonyl (C=O) groups is 1. The number of hydrogen-bond acceptors (Lipinski definition) is 4. The van der Waals surface area contributed by atoms with E-state index >= 15 is 0 Å². The first-order valence-electron chi connectivity index (χ1n) is 6.56. The van der Waals surface area contributed by atoms with Gasteiger partial charge in [0, 0.05) is 20.2 Å². The Morgan fingerprint density at radius 2 is 1.52 bits per heavy atom. The normalized spacial score (nSPS) is 10.1. The predicted molar refractivity (Wildman–Crippen MR) is 95.9 cm³/mol. The number of carbonyl (C=O) groups excluding carboxylic acids is 1. The predicted octanol–water partition coefficient (Wildman–Crippen LogP) is 4.49. The Kier molecular flexibility index (Phi) is 5.90. The number of amides is 1. The highest BCUT2D eigenvalue weighted by molar-refractivity contribution is 9.13. The fraction of sp³-hybridized carbons (Fsp3) is 0.188. The van der Waals surface area contributed by atoms with E-state index in [0.717, 1.165) is 8.95 Å². The third-order valence-electron chi connectivity index (χ3n) is 3.10. The van der Waals surface area contributed by atoms with E-state index in [1.54, 1.807) is 24.3 Å². The van der Waals surface area contributed by atoms with Gasteiger partial charge in [-0.25, -0.2) is 0 Å². The van der Waals surface area contributed by atoms with Crippen molar-refractivity contribution in [1.82, 2.24) is 0 Å². The van der Waals surface area contributed by atoms with Crippen LogP contribution in [0.5, 0.6) is 17.2 Å². The molecule has 0 heterocycles. The monoisotopic (exact) mass is 443 g/mol. The number of hydrogen-bond donors (Lipinski definition) is 1. The first-order chi connectivity index (χ1) is 11.0. The molecule has 23 heavy (non-hydrogen) atoms. The molecule has 0 fully saturated rings. The van der Waals surface area contributed by atoms with Crippen LogP contribution in [0.1, 0.15) is 10.4 Å². The van der Waals surface area contributed by atoms with Crippen LogP contribution in [-0.2, 0) is 0 Å². The summed E-state index contributed by atoms with van der Waals surface area (Å²) in [6, 6.07) is 8.65. The molecule has 2 aromatic carbocycles. The molecule has 0 atom stereocenters. The molecular weight excluding hydrogens is 430 g/mol. The van der Waals surface area contributed by atoms with Gasteiger partial charge >= 0.3 is 0 Å². The molecular formula is C16H15Br2NO4. The molecule has 0 aliphatic rings. The third-order valence-corrected chi connectivity index (χ3v) is 4.98. The first kappa shape index (κ1) is 17.6. The van der Waals surface area contributed by atoms with Crippen molar-refractivity contribution >= 4 is 43.5 Å². The SMILES string of the molecule is COc1cc(C(=O)Nc2ccc(Br)c(Br)c2)cc(OC)c1OC. The second-order valence-corrected chi connectivity index (χ2v) is 6.21. The van der Waals surface area contributed by atoms with Crippen molar-refractivity contribution < 1.29 is 19.0 Å². The van der Waals surface area contributed by atoms with Gasteiger partial charge in [0.25, 0.3) is 5.91 Å². The van der Waals surface area contributed by atoms with E-state index in [4.69, 9.17) is 14.2 Å². The Labute approximate surface area is 151 Å². The van der Waals surface area contributed by atoms with Gasteiger partial charge in [-0.2, -0.15) is 0 Å². The van der Waals surface area contributed by atoms with Gasteiger partial charge in [-0.3, -0.25) is 4.79 Å². The summed E-state index contributed by atoms with van der Waals surface area (Å²) in [4.78, 5) is 12.5. The standard InChI is InChI=1S/C16H15Br2NO4/c1-21-13-6-9(7-14(22-2)15(13)23-3)16(20)19-10-4-5-11(17)12(18)8-10/h4-8H,1-3H3,(H,19,20). The van der Waals surface area contributed by atoms with Crippen LogP contribution in [0.15, 0.2) is 39.3 Å². The summed E-state index contributed by atoms with van der Waals surface area (Å²) in [5.41, 5.74) is 1.07. The number of benzene rings is 2. The molecule has 122 valence electrons. The van der Waals surface area contributed by atoms with Crippen LogP contribution in [0.3, 0.4) is 0 Å². The van der Waals surface area contributed by atoms with Crippen LogP contribution in [0.4, 0.5) is 5.69 Å². The molecule has 0 spiro atoms. The first-order valence-corrected chi connectivity index (χ1v) is 8.15. The Bertz CT molecular complexity index is 709. The number of halogens is 2. The summed E-state index contributed by atoms with van der Waals surface area (Å²) in [6.45, 7) is 0. The largest absolute Gasteiger partial charge is 0.493 e. The lowest BCUT2D eigenvalue weighted by molar-refractivity contribution is 0.102. The van der Waals surface area contributed by atoms with Gasteiger partial charge < -0.3 is 19.5 Å². The minimum atomic E-state index is -0.279. The summed E-state index contributed by atoms with van der Waals surface area (Å²) in [7, 11) is 4.52. The van der Waals surface area contributed by atoms with Crippen LogP contribution < -0.4 is 19.5 Å². The minimum Gasteiger partial charge on any atom is -0.493 e. The Morgan fingerprint density at radius 1 is 0.913 bits per heavy atom. The lowest BCUT2D eigenvalue weighted by Crippen LogP contribution is -2.12. The third kappa shape index (κ3) is 3.97. The average Bonchev–Trinajstić information content (AvgIpc) is 2.56. The zero-order valence-electron chi connectivity index (χ0n) is 12.8. The van der Waals surface area contributed by atoms with E-state index in [9.17, 15) is 4.79 Å². The summed E-state index contributed by atoms with van der Waals surface area (Å²) in [5.74, 6) is 1.01. The molecule has 1 amide bonds. The van der Waals surface area contributed by atoms with Crippen molar-refractivity contribution in [2.24, 2.45) is 0 Å². The zero-order valence-corrected chi connectivity index (χ0v) is 15.9. The number of nitrogens with one attached hydrogen (secondary N) is 1. The van der Waals surface area contributed by atoms with Crippen molar-refractivity contribution in [3.63, 3.8) is 0 Å². The number of anilines is 1. The smallest absolute Gasteiger partial charge is 0.255 e. The highest BCUT2D eigenvalue weighted by Crippen LogP contribution is 2.38. The van der Waals surface area contributed by atoms with Crippen LogP contribution in [0.25, 0.3) is 0 Å². The van der Waals surface area contributed by atoms with E-state index in [1.807, 2.05) is 6.07 Å². The molecule has 0 saturated carbocycles. The molecule has 2 aromatic rings. The van der Waals surface area contributed by atoms with Crippen molar-refractivity contribution in [2.75, 3.05) is 26.6 Å². The Hall–Kier alpha value is -1.73. The van der Waals surface area contributed by atoms with Crippen molar-refractivity contribution in [1.29, 1.82) is 0 Å². The molecule has 0 aromatic heterocycles. The Morgan fingerprint density at radius 3 is 2.00 bits per heavy atom. The number of methoxy groups -OCH3 is 3. The fourth-order valence-electron chi connectivity index (χ4n) is 1.99. The molecule has 2 rings (SSSR count).